The minimum Gasteiger partial charge on any atom is -0.466 e. The van der Waals surface area contributed by atoms with Gasteiger partial charge in [-0.05, 0) is 25.8 Å². The predicted molar refractivity (Wildman–Crippen MR) is 66.8 cm³/mol. The molecule has 0 aliphatic heterocycles. The van der Waals surface area contributed by atoms with E-state index < -0.39 is 0 Å². The zero-order valence-electron chi connectivity index (χ0n) is 11.0. The minimum atomic E-state index is -0.286. The SMILES string of the molecule is CCc1cc(CC)n(C/C=C(/C)C(=O)OC)n1. The van der Waals surface area contributed by atoms with Gasteiger partial charge in [0.2, 0.25) is 0 Å². The van der Waals surface area contributed by atoms with Crippen LogP contribution in [-0.4, -0.2) is 22.9 Å². The van der Waals surface area contributed by atoms with Gasteiger partial charge in [0.05, 0.1) is 19.3 Å². The van der Waals surface area contributed by atoms with E-state index in [2.05, 4.69) is 29.7 Å². The largest absolute Gasteiger partial charge is 0.466 e. The first-order chi connectivity index (χ1) is 8.12. The Labute approximate surface area is 102 Å². The topological polar surface area (TPSA) is 44.1 Å². The summed E-state index contributed by atoms with van der Waals surface area (Å²) in [6, 6.07) is 2.11. The number of hydrogen-bond donors (Lipinski definition) is 0. The summed E-state index contributed by atoms with van der Waals surface area (Å²) >= 11 is 0. The van der Waals surface area contributed by atoms with Crippen molar-refractivity contribution < 1.29 is 9.53 Å². The molecular weight excluding hydrogens is 216 g/mol. The number of aryl methyl sites for hydroxylation is 2. The maximum Gasteiger partial charge on any atom is 0.333 e. The van der Waals surface area contributed by atoms with Gasteiger partial charge in [-0.3, -0.25) is 4.68 Å². The average molecular weight is 236 g/mol. The average Bonchev–Trinajstić information content (AvgIpc) is 2.77. The van der Waals surface area contributed by atoms with Gasteiger partial charge in [0, 0.05) is 11.3 Å². The molecule has 1 aromatic heterocycles. The van der Waals surface area contributed by atoms with Crippen molar-refractivity contribution in [3.8, 4) is 0 Å². The number of carbonyl (C=O) groups is 1. The molecule has 4 nitrogen and oxygen atoms in total. The number of allylic oxidation sites excluding steroid dienone is 1. The van der Waals surface area contributed by atoms with E-state index in [0.29, 0.717) is 12.1 Å². The zero-order valence-corrected chi connectivity index (χ0v) is 11.0. The maximum absolute atomic E-state index is 11.2. The highest BCUT2D eigenvalue weighted by molar-refractivity contribution is 5.87. The van der Waals surface area contributed by atoms with Crippen molar-refractivity contribution in [1.29, 1.82) is 0 Å². The second-order valence-electron chi connectivity index (χ2n) is 3.89. The number of carbonyl (C=O) groups excluding carboxylic acids is 1. The Balaban J connectivity index is 2.80. The standard InChI is InChI=1S/C13H20N2O2/c1-5-11-9-12(6-2)15(14-11)8-7-10(3)13(16)17-4/h7,9H,5-6,8H2,1-4H3/b10-7-. The van der Waals surface area contributed by atoms with Crippen molar-refractivity contribution >= 4 is 5.97 Å². The fourth-order valence-corrected chi connectivity index (χ4v) is 1.60. The highest BCUT2D eigenvalue weighted by atomic mass is 16.5. The molecule has 17 heavy (non-hydrogen) atoms. The van der Waals surface area contributed by atoms with Crippen molar-refractivity contribution in [2.45, 2.75) is 40.2 Å². The lowest BCUT2D eigenvalue weighted by molar-refractivity contribution is -0.136. The molecular formula is C13H20N2O2. The molecule has 1 aromatic rings. The Kier molecular flexibility index (Phi) is 4.94. The molecule has 0 aliphatic rings. The molecule has 94 valence electrons. The minimum absolute atomic E-state index is 0.286. The molecule has 0 aliphatic carbocycles. The smallest absolute Gasteiger partial charge is 0.333 e. The third-order valence-corrected chi connectivity index (χ3v) is 2.72. The van der Waals surface area contributed by atoms with Crippen LogP contribution < -0.4 is 0 Å². The summed E-state index contributed by atoms with van der Waals surface area (Å²) in [5, 5.41) is 4.48. The van der Waals surface area contributed by atoms with Crippen LogP contribution in [0.15, 0.2) is 17.7 Å². The van der Waals surface area contributed by atoms with E-state index >= 15 is 0 Å². The lowest BCUT2D eigenvalue weighted by Crippen LogP contribution is -2.06. The Hall–Kier alpha value is -1.58. The van der Waals surface area contributed by atoms with Gasteiger partial charge in [-0.15, -0.1) is 0 Å². The third kappa shape index (κ3) is 3.44. The van der Waals surface area contributed by atoms with E-state index in [1.165, 1.54) is 12.8 Å². The van der Waals surface area contributed by atoms with Gasteiger partial charge in [-0.2, -0.15) is 5.10 Å². The molecule has 0 saturated carbocycles. The molecule has 0 bridgehead atoms. The van der Waals surface area contributed by atoms with E-state index in [9.17, 15) is 4.79 Å². The number of aromatic nitrogens is 2. The summed E-state index contributed by atoms with van der Waals surface area (Å²) in [4.78, 5) is 11.2. The van der Waals surface area contributed by atoms with Crippen molar-refractivity contribution in [3.05, 3.63) is 29.1 Å². The maximum atomic E-state index is 11.2. The van der Waals surface area contributed by atoms with Crippen LogP contribution >= 0.6 is 0 Å². The first-order valence-electron chi connectivity index (χ1n) is 5.93. The Bertz CT molecular complexity index is 419. The quantitative estimate of drug-likeness (QED) is 0.581. The van der Waals surface area contributed by atoms with Crippen LogP contribution in [-0.2, 0) is 28.9 Å². The Morgan fingerprint density at radius 1 is 1.47 bits per heavy atom. The van der Waals surface area contributed by atoms with Crippen molar-refractivity contribution in [1.82, 2.24) is 9.78 Å². The van der Waals surface area contributed by atoms with Gasteiger partial charge >= 0.3 is 5.97 Å². The van der Waals surface area contributed by atoms with Crippen LogP contribution in [0.5, 0.6) is 0 Å². The second-order valence-corrected chi connectivity index (χ2v) is 3.89. The molecule has 1 heterocycles. The van der Waals surface area contributed by atoms with Crippen LogP contribution in [0.25, 0.3) is 0 Å². The van der Waals surface area contributed by atoms with Crippen LogP contribution in [0.3, 0.4) is 0 Å². The van der Waals surface area contributed by atoms with E-state index in [-0.39, 0.29) is 5.97 Å². The number of ether oxygens (including phenoxy) is 1. The summed E-state index contributed by atoms with van der Waals surface area (Å²) in [7, 11) is 1.39. The van der Waals surface area contributed by atoms with Gasteiger partial charge in [0.25, 0.3) is 0 Å². The summed E-state index contributed by atoms with van der Waals surface area (Å²) in [5.74, 6) is -0.286. The molecule has 0 N–H and O–H groups in total. The third-order valence-electron chi connectivity index (χ3n) is 2.72. The van der Waals surface area contributed by atoms with E-state index in [0.717, 1.165) is 18.5 Å². The molecule has 0 aromatic carbocycles. The number of methoxy groups -OCH3 is 1. The lowest BCUT2D eigenvalue weighted by atomic mass is 10.2. The summed E-state index contributed by atoms with van der Waals surface area (Å²) in [5.41, 5.74) is 2.89. The number of hydrogen-bond acceptors (Lipinski definition) is 3. The van der Waals surface area contributed by atoms with Gasteiger partial charge in [0.1, 0.15) is 0 Å². The summed E-state index contributed by atoms with van der Waals surface area (Å²) in [6.45, 7) is 6.55. The van der Waals surface area contributed by atoms with Crippen LogP contribution in [0, 0.1) is 0 Å². The highest BCUT2D eigenvalue weighted by Crippen LogP contribution is 2.07. The molecule has 0 spiro atoms. The molecule has 1 rings (SSSR count). The molecule has 0 radical (unpaired) electrons. The molecule has 0 amide bonds. The van der Waals surface area contributed by atoms with Gasteiger partial charge in [-0.25, -0.2) is 4.79 Å². The van der Waals surface area contributed by atoms with E-state index in [1.54, 1.807) is 6.92 Å². The van der Waals surface area contributed by atoms with Gasteiger partial charge in [0.15, 0.2) is 0 Å². The van der Waals surface area contributed by atoms with Crippen molar-refractivity contribution in [2.75, 3.05) is 7.11 Å². The van der Waals surface area contributed by atoms with Crippen molar-refractivity contribution in [2.24, 2.45) is 0 Å². The van der Waals surface area contributed by atoms with Crippen molar-refractivity contribution in [3.63, 3.8) is 0 Å². The Morgan fingerprint density at radius 3 is 2.71 bits per heavy atom. The first-order valence-corrected chi connectivity index (χ1v) is 5.93. The normalized spacial score (nSPS) is 11.6. The van der Waals surface area contributed by atoms with Gasteiger partial charge in [-0.1, -0.05) is 19.9 Å². The van der Waals surface area contributed by atoms with Crippen LogP contribution in [0.2, 0.25) is 0 Å². The summed E-state index contributed by atoms with van der Waals surface area (Å²) < 4.78 is 6.58. The summed E-state index contributed by atoms with van der Waals surface area (Å²) in [6.07, 6.45) is 3.72. The lowest BCUT2D eigenvalue weighted by Gasteiger charge is -2.03. The van der Waals surface area contributed by atoms with Crippen LogP contribution in [0.1, 0.15) is 32.2 Å². The fraction of sp³-hybridized carbons (Fsp3) is 0.538. The van der Waals surface area contributed by atoms with E-state index in [4.69, 9.17) is 0 Å². The highest BCUT2D eigenvalue weighted by Gasteiger charge is 2.06. The molecule has 0 unspecified atom stereocenters. The molecule has 0 fully saturated rings. The number of esters is 1. The van der Waals surface area contributed by atoms with Gasteiger partial charge < -0.3 is 4.74 Å². The molecule has 4 heteroatoms. The monoisotopic (exact) mass is 236 g/mol. The second kappa shape index (κ2) is 6.23. The van der Waals surface area contributed by atoms with E-state index in [1.807, 2.05) is 10.8 Å². The number of rotatable bonds is 5. The molecule has 0 saturated heterocycles. The fourth-order valence-electron chi connectivity index (χ4n) is 1.60. The Morgan fingerprint density at radius 2 is 2.18 bits per heavy atom. The first kappa shape index (κ1) is 13.5. The number of nitrogens with zero attached hydrogens (tertiary/aromatic N) is 2. The zero-order chi connectivity index (χ0) is 12.8. The molecule has 0 atom stereocenters. The predicted octanol–water partition coefficient (Wildman–Crippen LogP) is 2.13. The van der Waals surface area contributed by atoms with Crippen LogP contribution in [0.4, 0.5) is 0 Å².